The molecule has 5 heteroatoms. The minimum atomic E-state index is -0.440. The van der Waals surface area contributed by atoms with E-state index in [9.17, 15) is 4.79 Å². The van der Waals surface area contributed by atoms with Crippen molar-refractivity contribution < 1.29 is 4.42 Å². The fraction of sp³-hybridized carbons (Fsp3) is 0.533. The Morgan fingerprint density at radius 3 is 2.45 bits per heavy atom. The van der Waals surface area contributed by atoms with Crippen molar-refractivity contribution >= 4 is 22.5 Å². The second kappa shape index (κ2) is 6.50. The Kier molecular flexibility index (Phi) is 4.71. The molecule has 0 bridgehead atoms. The topological polar surface area (TPSA) is 75.3 Å². The van der Waals surface area contributed by atoms with E-state index in [4.69, 9.17) is 10.2 Å². The Hall–Kier alpha value is -1.91. The number of nitrogens with zero attached hydrogens (tertiary/aromatic N) is 1. The van der Waals surface area contributed by atoms with E-state index in [1.165, 1.54) is 0 Å². The first kappa shape index (κ1) is 14.5. The minimum absolute atomic E-state index is 0.440. The third-order valence-corrected chi connectivity index (χ3v) is 3.47. The molecule has 110 valence electrons. The van der Waals surface area contributed by atoms with Gasteiger partial charge in [-0.3, -0.25) is 4.98 Å². The number of nitrogens with two attached hydrogens (primary N) is 1. The number of benzene rings is 1. The zero-order valence-corrected chi connectivity index (χ0v) is 12.2. The molecule has 0 saturated heterocycles. The van der Waals surface area contributed by atoms with Gasteiger partial charge in [-0.1, -0.05) is 26.7 Å². The van der Waals surface area contributed by atoms with E-state index in [0.717, 1.165) is 44.5 Å². The van der Waals surface area contributed by atoms with Crippen LogP contribution in [-0.2, 0) is 0 Å². The van der Waals surface area contributed by atoms with Crippen LogP contribution >= 0.6 is 0 Å². The van der Waals surface area contributed by atoms with Gasteiger partial charge in [0.1, 0.15) is 0 Å². The van der Waals surface area contributed by atoms with Crippen LogP contribution in [0.15, 0.2) is 21.3 Å². The standard InChI is InChI=1S/C15H23N3O2/c1-3-5-7-18(8-6-4-2)13-10-12-14(9-11(13)16)20-15(19)17-12/h9-10H,3-8,16H2,1-2H3,(H,17,19). The fourth-order valence-corrected chi connectivity index (χ4v) is 2.33. The molecule has 5 nitrogen and oxygen atoms in total. The Bertz CT molecular complexity index is 607. The Labute approximate surface area is 118 Å². The first-order valence-corrected chi connectivity index (χ1v) is 7.33. The maximum atomic E-state index is 11.2. The van der Waals surface area contributed by atoms with Crippen LogP contribution < -0.4 is 16.4 Å². The van der Waals surface area contributed by atoms with E-state index in [1.54, 1.807) is 6.07 Å². The monoisotopic (exact) mass is 277 g/mol. The first-order valence-electron chi connectivity index (χ1n) is 7.33. The minimum Gasteiger partial charge on any atom is -0.408 e. The summed E-state index contributed by atoms with van der Waals surface area (Å²) < 4.78 is 5.04. The summed E-state index contributed by atoms with van der Waals surface area (Å²) in [4.78, 5) is 16.2. The van der Waals surface area contributed by atoms with Gasteiger partial charge in [0.2, 0.25) is 0 Å². The zero-order valence-electron chi connectivity index (χ0n) is 12.2. The normalized spacial score (nSPS) is 11.1. The fourth-order valence-electron chi connectivity index (χ4n) is 2.33. The second-order valence-electron chi connectivity index (χ2n) is 5.12. The molecule has 0 aliphatic heterocycles. The lowest BCUT2D eigenvalue weighted by atomic mass is 10.2. The van der Waals surface area contributed by atoms with Gasteiger partial charge in [0, 0.05) is 19.2 Å². The van der Waals surface area contributed by atoms with Gasteiger partial charge in [0.05, 0.1) is 16.9 Å². The molecule has 0 unspecified atom stereocenters. The third-order valence-electron chi connectivity index (χ3n) is 3.47. The summed E-state index contributed by atoms with van der Waals surface area (Å²) in [5.41, 5.74) is 8.99. The highest BCUT2D eigenvalue weighted by molar-refractivity contribution is 5.85. The number of nitrogen functional groups attached to an aromatic ring is 1. The molecule has 2 aromatic rings. The molecule has 20 heavy (non-hydrogen) atoms. The SMILES string of the molecule is CCCCN(CCCC)c1cc2[nH]c(=O)oc2cc1N. The predicted molar refractivity (Wildman–Crippen MR) is 83.3 cm³/mol. The number of rotatable bonds is 7. The van der Waals surface area contributed by atoms with Crippen LogP contribution in [0.5, 0.6) is 0 Å². The molecular formula is C15H23N3O2. The van der Waals surface area contributed by atoms with Crippen LogP contribution in [0.2, 0.25) is 0 Å². The number of nitrogens with one attached hydrogen (secondary N) is 1. The van der Waals surface area contributed by atoms with Gasteiger partial charge in [-0.2, -0.15) is 0 Å². The summed E-state index contributed by atoms with van der Waals surface area (Å²) >= 11 is 0. The highest BCUT2D eigenvalue weighted by Crippen LogP contribution is 2.28. The van der Waals surface area contributed by atoms with Gasteiger partial charge in [-0.05, 0) is 18.9 Å². The molecule has 0 spiro atoms. The van der Waals surface area contributed by atoms with Crippen molar-refractivity contribution in [3.63, 3.8) is 0 Å². The van der Waals surface area contributed by atoms with Crippen LogP contribution in [0.3, 0.4) is 0 Å². The van der Waals surface area contributed by atoms with E-state index < -0.39 is 5.76 Å². The van der Waals surface area contributed by atoms with Crippen molar-refractivity contribution in [3.8, 4) is 0 Å². The lowest BCUT2D eigenvalue weighted by Gasteiger charge is -2.26. The Morgan fingerprint density at radius 1 is 1.20 bits per heavy atom. The van der Waals surface area contributed by atoms with Gasteiger partial charge >= 0.3 is 5.76 Å². The lowest BCUT2D eigenvalue weighted by molar-refractivity contribution is 0.555. The summed E-state index contributed by atoms with van der Waals surface area (Å²) in [6, 6.07) is 3.65. The number of unbranched alkanes of at least 4 members (excludes halogenated alkanes) is 2. The van der Waals surface area contributed by atoms with Crippen LogP contribution in [0, 0.1) is 0 Å². The molecule has 0 radical (unpaired) electrons. The quantitative estimate of drug-likeness (QED) is 0.762. The van der Waals surface area contributed by atoms with E-state index in [1.807, 2.05) is 6.07 Å². The van der Waals surface area contributed by atoms with Crippen molar-refractivity contribution in [1.82, 2.24) is 4.98 Å². The van der Waals surface area contributed by atoms with Crippen molar-refractivity contribution in [2.75, 3.05) is 23.7 Å². The molecule has 0 atom stereocenters. The molecular weight excluding hydrogens is 254 g/mol. The molecule has 1 aromatic heterocycles. The maximum absolute atomic E-state index is 11.2. The van der Waals surface area contributed by atoms with Gasteiger partial charge in [-0.25, -0.2) is 4.79 Å². The van der Waals surface area contributed by atoms with Gasteiger partial charge < -0.3 is 15.1 Å². The Balaban J connectivity index is 2.34. The highest BCUT2D eigenvalue weighted by Gasteiger charge is 2.12. The van der Waals surface area contributed by atoms with Gasteiger partial charge in [0.15, 0.2) is 5.58 Å². The van der Waals surface area contributed by atoms with Crippen LogP contribution in [0.1, 0.15) is 39.5 Å². The highest BCUT2D eigenvalue weighted by atomic mass is 16.4. The summed E-state index contributed by atoms with van der Waals surface area (Å²) in [6.45, 7) is 6.32. The number of H-pyrrole nitrogens is 1. The van der Waals surface area contributed by atoms with E-state index in [2.05, 4.69) is 23.7 Å². The van der Waals surface area contributed by atoms with E-state index in [0.29, 0.717) is 16.8 Å². The average molecular weight is 277 g/mol. The van der Waals surface area contributed by atoms with Crippen LogP contribution in [0.25, 0.3) is 11.1 Å². The number of aromatic nitrogens is 1. The van der Waals surface area contributed by atoms with Crippen molar-refractivity contribution in [1.29, 1.82) is 0 Å². The first-order chi connectivity index (χ1) is 9.65. The summed E-state index contributed by atoms with van der Waals surface area (Å²) in [5.74, 6) is -0.440. The molecule has 3 N–H and O–H groups in total. The number of aromatic amines is 1. The molecule has 0 aliphatic carbocycles. The van der Waals surface area contributed by atoms with Gasteiger partial charge in [-0.15, -0.1) is 0 Å². The molecule has 1 heterocycles. The third kappa shape index (κ3) is 3.15. The van der Waals surface area contributed by atoms with Crippen molar-refractivity contribution in [2.45, 2.75) is 39.5 Å². The number of hydrogen-bond donors (Lipinski definition) is 2. The van der Waals surface area contributed by atoms with Crippen LogP contribution in [0.4, 0.5) is 11.4 Å². The number of hydrogen-bond acceptors (Lipinski definition) is 4. The second-order valence-corrected chi connectivity index (χ2v) is 5.12. The zero-order chi connectivity index (χ0) is 14.5. The summed E-state index contributed by atoms with van der Waals surface area (Å²) in [6.07, 6.45) is 4.55. The number of anilines is 2. The summed E-state index contributed by atoms with van der Waals surface area (Å²) in [5, 5.41) is 0. The van der Waals surface area contributed by atoms with Crippen molar-refractivity contribution in [2.24, 2.45) is 0 Å². The average Bonchev–Trinajstić information content (AvgIpc) is 2.77. The molecule has 0 saturated carbocycles. The van der Waals surface area contributed by atoms with Crippen molar-refractivity contribution in [3.05, 3.63) is 22.7 Å². The van der Waals surface area contributed by atoms with Crippen LogP contribution in [-0.4, -0.2) is 18.1 Å². The number of fused-ring (bicyclic) bond motifs is 1. The molecule has 0 fully saturated rings. The maximum Gasteiger partial charge on any atom is 0.417 e. The smallest absolute Gasteiger partial charge is 0.408 e. The summed E-state index contributed by atoms with van der Waals surface area (Å²) in [7, 11) is 0. The predicted octanol–water partition coefficient (Wildman–Crippen LogP) is 3.11. The lowest BCUT2D eigenvalue weighted by Crippen LogP contribution is -2.26. The van der Waals surface area contributed by atoms with E-state index in [-0.39, 0.29) is 0 Å². The van der Waals surface area contributed by atoms with Gasteiger partial charge in [0.25, 0.3) is 0 Å². The van der Waals surface area contributed by atoms with E-state index >= 15 is 0 Å². The Morgan fingerprint density at radius 2 is 1.85 bits per heavy atom. The molecule has 1 aromatic carbocycles. The molecule has 0 amide bonds. The molecule has 0 aliphatic rings. The largest absolute Gasteiger partial charge is 0.417 e. The number of oxazole rings is 1. The molecule has 2 rings (SSSR count).